The lowest BCUT2D eigenvalue weighted by Crippen LogP contribution is -2.59. The maximum Gasteiger partial charge on any atom is 0.328 e. The van der Waals surface area contributed by atoms with Crippen LogP contribution in [0.4, 0.5) is 0 Å². The van der Waals surface area contributed by atoms with E-state index < -0.39 is 53.4 Å². The van der Waals surface area contributed by atoms with E-state index in [1.165, 1.54) is 4.90 Å². The van der Waals surface area contributed by atoms with Gasteiger partial charge in [0, 0.05) is 26.1 Å². The number of nitrogens with zero attached hydrogens (tertiary/aromatic N) is 1. The largest absolute Gasteiger partial charge is 0.463 e. The Morgan fingerprint density at radius 2 is 1.40 bits per heavy atom. The third kappa shape index (κ3) is 13.3. The predicted octanol–water partition coefficient (Wildman–Crippen LogP) is 0.121. The highest BCUT2D eigenvalue weighted by atomic mass is 16.5. The molecule has 1 unspecified atom stereocenters. The molecule has 14 nitrogen and oxygen atoms in total. The number of benzene rings is 2. The third-order valence-corrected chi connectivity index (χ3v) is 9.06. The second kappa shape index (κ2) is 21.2. The van der Waals surface area contributed by atoms with Crippen LogP contribution in [0, 0.1) is 5.92 Å². The number of hydrogen-bond donors (Lipinski definition) is 7. The van der Waals surface area contributed by atoms with Crippen molar-refractivity contribution in [1.29, 1.82) is 0 Å². The van der Waals surface area contributed by atoms with E-state index in [1.54, 1.807) is 7.05 Å². The summed E-state index contributed by atoms with van der Waals surface area (Å²) < 4.78 is 5.31. The molecule has 5 atom stereocenters. The fraction of sp³-hybridized carbons (Fsp3) is 0.553. The number of likely N-dealkylation sites (N-methyl/N-ethyl adjacent to an activating group) is 1. The molecule has 10 N–H and O–H groups in total. The minimum absolute atomic E-state index is 0.00531. The Labute approximate surface area is 307 Å². The Balaban J connectivity index is 1.76. The summed E-state index contributed by atoms with van der Waals surface area (Å²) in [5, 5.41) is 11.4. The van der Waals surface area contributed by atoms with Gasteiger partial charge in [0.1, 0.15) is 30.3 Å². The van der Waals surface area contributed by atoms with Crippen molar-refractivity contribution in [2.75, 3.05) is 39.8 Å². The van der Waals surface area contributed by atoms with Crippen LogP contribution in [-0.4, -0.2) is 104 Å². The highest BCUT2D eigenvalue weighted by Crippen LogP contribution is 2.22. The van der Waals surface area contributed by atoms with Crippen LogP contribution in [0.15, 0.2) is 60.7 Å². The van der Waals surface area contributed by atoms with Crippen LogP contribution in [0.2, 0.25) is 0 Å². The maximum absolute atomic E-state index is 13.9. The van der Waals surface area contributed by atoms with Gasteiger partial charge < -0.3 is 48.1 Å². The van der Waals surface area contributed by atoms with E-state index in [2.05, 4.69) is 21.3 Å². The molecular weight excluding hydrogens is 664 g/mol. The molecule has 14 heteroatoms. The Bertz CT molecular complexity index is 1450. The van der Waals surface area contributed by atoms with Gasteiger partial charge in [-0.3, -0.25) is 19.2 Å². The van der Waals surface area contributed by atoms with E-state index in [1.807, 2.05) is 74.5 Å². The maximum atomic E-state index is 13.9. The van der Waals surface area contributed by atoms with Gasteiger partial charge in [-0.2, -0.15) is 0 Å². The number of hydrogen-bond acceptors (Lipinski definition) is 10. The summed E-state index contributed by atoms with van der Waals surface area (Å²) in [6.45, 7) is 5.05. The second-order valence-corrected chi connectivity index (χ2v) is 14.0. The zero-order valence-corrected chi connectivity index (χ0v) is 30.8. The zero-order chi connectivity index (χ0) is 38.1. The number of unbranched alkanes of at least 4 members (excludes halogenated alkanes) is 1. The Hall–Kier alpha value is -4.37. The van der Waals surface area contributed by atoms with E-state index in [-0.39, 0.29) is 57.2 Å². The summed E-state index contributed by atoms with van der Waals surface area (Å²) >= 11 is 0. The number of carbonyl (C=O) groups excluding carboxylic acids is 5. The van der Waals surface area contributed by atoms with Crippen molar-refractivity contribution in [2.24, 2.45) is 23.1 Å². The lowest BCUT2D eigenvalue weighted by atomic mass is 9.99. The summed E-state index contributed by atoms with van der Waals surface area (Å²) in [4.78, 5) is 69.2. The zero-order valence-electron chi connectivity index (χ0n) is 30.8. The fourth-order valence-corrected chi connectivity index (χ4v) is 6.09. The van der Waals surface area contributed by atoms with Gasteiger partial charge in [0.2, 0.25) is 23.6 Å². The fourth-order valence-electron chi connectivity index (χ4n) is 6.09. The molecule has 1 aliphatic rings. The van der Waals surface area contributed by atoms with E-state index in [0.717, 1.165) is 11.1 Å². The third-order valence-electron chi connectivity index (χ3n) is 9.06. The van der Waals surface area contributed by atoms with Gasteiger partial charge >= 0.3 is 5.97 Å². The Kier molecular flexibility index (Phi) is 17.2. The van der Waals surface area contributed by atoms with Crippen LogP contribution in [-0.2, 0) is 41.6 Å². The molecule has 1 saturated heterocycles. The van der Waals surface area contributed by atoms with Crippen molar-refractivity contribution in [3.8, 4) is 0 Å². The number of likely N-dealkylation sites (tertiary alicyclic amines) is 1. The standard InChI is InChI=1S/C38H58N8O6/c1-26(2)22-31(34(48)43-30(16-10-11-18-39)36(50)46-20-17-38(41,25-46)37(51)52-21-19-42-3)45-35(49)32(24-28-14-8-5-9-15-28)44-33(47)29(40)23-27-12-6-4-7-13-27/h4-9,12-15,26,29-32,42H,10-11,16-25,39-41H2,1-3H3,(H,43,48)(H,44,47)(H,45,49)/t29-,30-,31-,32-,38?/m1/s1. The molecule has 2 aromatic carbocycles. The van der Waals surface area contributed by atoms with Crippen LogP contribution in [0.5, 0.6) is 0 Å². The molecule has 3 rings (SSSR count). The SMILES string of the molecule is CNCCOC(=O)C1(N)CCN(C(=O)[C@@H](CCCCN)NC(=O)[C@@H](CC(C)C)NC(=O)[C@@H](Cc2ccccc2)NC(=O)[C@H](N)Cc2ccccc2)C1. The molecule has 0 radical (unpaired) electrons. The normalized spacial score (nSPS) is 17.9. The number of carbonyl (C=O) groups is 5. The first-order valence-electron chi connectivity index (χ1n) is 18.2. The molecule has 286 valence electrons. The average Bonchev–Trinajstić information content (AvgIpc) is 3.54. The molecule has 0 saturated carbocycles. The van der Waals surface area contributed by atoms with Crippen LogP contribution in [0.25, 0.3) is 0 Å². The molecule has 0 spiro atoms. The molecule has 0 aromatic heterocycles. The van der Waals surface area contributed by atoms with E-state index in [4.69, 9.17) is 21.9 Å². The number of nitrogens with one attached hydrogen (secondary N) is 4. The minimum atomic E-state index is -1.36. The summed E-state index contributed by atoms with van der Waals surface area (Å²) in [5.41, 5.74) is 18.7. The van der Waals surface area contributed by atoms with Crippen LogP contribution in [0.3, 0.4) is 0 Å². The molecule has 1 fully saturated rings. The first kappa shape index (κ1) is 42.0. The molecule has 1 heterocycles. The topological polar surface area (TPSA) is 224 Å². The smallest absolute Gasteiger partial charge is 0.328 e. The number of esters is 1. The summed E-state index contributed by atoms with van der Waals surface area (Å²) in [5.74, 6) is -2.56. The van der Waals surface area contributed by atoms with Gasteiger partial charge in [-0.15, -0.1) is 0 Å². The van der Waals surface area contributed by atoms with Crippen molar-refractivity contribution in [3.63, 3.8) is 0 Å². The molecule has 2 aromatic rings. The summed E-state index contributed by atoms with van der Waals surface area (Å²) in [7, 11) is 1.74. The van der Waals surface area contributed by atoms with E-state index >= 15 is 0 Å². The highest BCUT2D eigenvalue weighted by Gasteiger charge is 2.45. The van der Waals surface area contributed by atoms with Crippen LogP contribution in [0.1, 0.15) is 57.1 Å². The van der Waals surface area contributed by atoms with E-state index in [9.17, 15) is 24.0 Å². The van der Waals surface area contributed by atoms with Gasteiger partial charge in [-0.1, -0.05) is 74.5 Å². The number of ether oxygens (including phenoxy) is 1. The molecule has 4 amide bonds. The van der Waals surface area contributed by atoms with Gasteiger partial charge in [0.25, 0.3) is 0 Å². The number of nitrogens with two attached hydrogens (primary N) is 3. The molecule has 0 aliphatic carbocycles. The van der Waals surface area contributed by atoms with Crippen LogP contribution >= 0.6 is 0 Å². The van der Waals surface area contributed by atoms with Crippen molar-refractivity contribution >= 4 is 29.6 Å². The minimum Gasteiger partial charge on any atom is -0.463 e. The number of rotatable bonds is 21. The van der Waals surface area contributed by atoms with Crippen molar-refractivity contribution in [2.45, 2.75) is 88.5 Å². The molecule has 0 bridgehead atoms. The van der Waals surface area contributed by atoms with Crippen molar-refractivity contribution in [3.05, 3.63) is 71.8 Å². The van der Waals surface area contributed by atoms with Gasteiger partial charge in [0.15, 0.2) is 0 Å². The lowest BCUT2D eigenvalue weighted by molar-refractivity contribution is -0.149. The van der Waals surface area contributed by atoms with Crippen molar-refractivity contribution in [1.82, 2.24) is 26.2 Å². The van der Waals surface area contributed by atoms with Crippen molar-refractivity contribution < 1.29 is 28.7 Å². The van der Waals surface area contributed by atoms with Gasteiger partial charge in [-0.25, -0.2) is 4.79 Å². The first-order valence-corrected chi connectivity index (χ1v) is 18.2. The highest BCUT2D eigenvalue weighted by molar-refractivity contribution is 5.95. The summed E-state index contributed by atoms with van der Waals surface area (Å²) in [6, 6.07) is 14.7. The monoisotopic (exact) mass is 722 g/mol. The first-order chi connectivity index (χ1) is 24.9. The predicted molar refractivity (Wildman–Crippen MR) is 199 cm³/mol. The summed E-state index contributed by atoms with van der Waals surface area (Å²) in [6.07, 6.45) is 2.44. The van der Waals surface area contributed by atoms with E-state index in [0.29, 0.717) is 32.4 Å². The van der Waals surface area contributed by atoms with Gasteiger partial charge in [0.05, 0.1) is 6.04 Å². The Morgan fingerprint density at radius 1 is 0.827 bits per heavy atom. The molecule has 1 aliphatic heterocycles. The Morgan fingerprint density at radius 3 is 2.00 bits per heavy atom. The van der Waals surface area contributed by atoms with Gasteiger partial charge in [-0.05, 0) is 69.2 Å². The molecule has 52 heavy (non-hydrogen) atoms. The average molecular weight is 723 g/mol. The molecular formula is C38H58N8O6. The van der Waals surface area contributed by atoms with Crippen LogP contribution < -0.4 is 38.5 Å². The second-order valence-electron chi connectivity index (χ2n) is 14.0. The lowest BCUT2D eigenvalue weighted by Gasteiger charge is -2.29. The number of amides is 4. The quantitative estimate of drug-likeness (QED) is 0.0681.